The van der Waals surface area contributed by atoms with Crippen molar-refractivity contribution in [2.24, 2.45) is 0 Å². The van der Waals surface area contributed by atoms with Gasteiger partial charge in [-0.25, -0.2) is 0 Å². The lowest BCUT2D eigenvalue weighted by Crippen LogP contribution is -2.27. The fraction of sp³-hybridized carbons (Fsp3) is 0.500. The molecule has 1 aromatic carbocycles. The van der Waals surface area contributed by atoms with Crippen LogP contribution in [0.15, 0.2) is 12.1 Å². The molecule has 0 N–H and O–H groups in total. The molecule has 0 spiro atoms. The molecule has 102 valence electrons. The maximum Gasteiger partial charge on any atom is 0.309 e. The number of carbonyl (C=O) groups excluding carboxylic acids is 1. The molecule has 3 rings (SSSR count). The average molecular weight is 264 g/mol. The number of benzene rings is 1. The summed E-state index contributed by atoms with van der Waals surface area (Å²) in [6, 6.07) is 3.67. The molecule has 3 atom stereocenters. The molecule has 0 amide bonds. The van der Waals surface area contributed by atoms with Crippen molar-refractivity contribution in [3.63, 3.8) is 0 Å². The maximum absolute atomic E-state index is 11.5. The Morgan fingerprint density at radius 3 is 2.42 bits per heavy atom. The molecule has 0 unspecified atom stereocenters. The van der Waals surface area contributed by atoms with E-state index in [9.17, 15) is 4.79 Å². The largest absolute Gasteiger partial charge is 0.496 e. The molecule has 0 bridgehead atoms. The first-order valence-corrected chi connectivity index (χ1v) is 6.25. The zero-order chi connectivity index (χ0) is 13.6. The SMILES string of the molecule is COc1ccc(OC)c2c1[C@H](C)O[C@@H]1CC(=O)O[C@H]21. The van der Waals surface area contributed by atoms with Gasteiger partial charge in [0, 0.05) is 11.1 Å². The normalized spacial score (nSPS) is 28.4. The van der Waals surface area contributed by atoms with E-state index in [-0.39, 0.29) is 24.6 Å². The van der Waals surface area contributed by atoms with E-state index < -0.39 is 6.10 Å². The van der Waals surface area contributed by atoms with Gasteiger partial charge in [-0.15, -0.1) is 0 Å². The Morgan fingerprint density at radius 2 is 1.79 bits per heavy atom. The highest BCUT2D eigenvalue weighted by Gasteiger charge is 2.45. The van der Waals surface area contributed by atoms with E-state index >= 15 is 0 Å². The van der Waals surface area contributed by atoms with Crippen LogP contribution in [-0.4, -0.2) is 26.3 Å². The molecule has 1 aromatic rings. The third-order valence-corrected chi connectivity index (χ3v) is 3.68. The van der Waals surface area contributed by atoms with E-state index in [1.165, 1.54) is 0 Å². The van der Waals surface area contributed by atoms with Crippen LogP contribution in [0, 0.1) is 0 Å². The number of rotatable bonds is 2. The minimum Gasteiger partial charge on any atom is -0.496 e. The number of methoxy groups -OCH3 is 2. The highest BCUT2D eigenvalue weighted by atomic mass is 16.6. The molecular formula is C14H16O5. The van der Waals surface area contributed by atoms with Gasteiger partial charge < -0.3 is 18.9 Å². The van der Waals surface area contributed by atoms with Gasteiger partial charge in [0.05, 0.1) is 26.7 Å². The number of hydrogen-bond acceptors (Lipinski definition) is 5. The number of carbonyl (C=O) groups is 1. The molecule has 1 fully saturated rings. The van der Waals surface area contributed by atoms with E-state index in [2.05, 4.69) is 0 Å². The summed E-state index contributed by atoms with van der Waals surface area (Å²) in [4.78, 5) is 11.5. The quantitative estimate of drug-likeness (QED) is 0.766. The molecule has 5 heteroatoms. The van der Waals surface area contributed by atoms with Gasteiger partial charge >= 0.3 is 5.97 Å². The molecule has 0 aliphatic carbocycles. The predicted molar refractivity (Wildman–Crippen MR) is 66.3 cm³/mol. The van der Waals surface area contributed by atoms with Crippen molar-refractivity contribution >= 4 is 5.97 Å². The van der Waals surface area contributed by atoms with E-state index in [0.29, 0.717) is 5.75 Å². The fourth-order valence-electron chi connectivity index (χ4n) is 2.90. The fourth-order valence-corrected chi connectivity index (χ4v) is 2.90. The Hall–Kier alpha value is -1.75. The van der Waals surface area contributed by atoms with E-state index in [1.807, 2.05) is 19.1 Å². The highest BCUT2D eigenvalue weighted by Crippen LogP contribution is 2.50. The summed E-state index contributed by atoms with van der Waals surface area (Å²) in [7, 11) is 3.22. The number of hydrogen-bond donors (Lipinski definition) is 0. The summed E-state index contributed by atoms with van der Waals surface area (Å²) < 4.78 is 22.0. The minimum atomic E-state index is -0.399. The van der Waals surface area contributed by atoms with Crippen LogP contribution in [0.4, 0.5) is 0 Å². The maximum atomic E-state index is 11.5. The van der Waals surface area contributed by atoms with Crippen molar-refractivity contribution in [1.29, 1.82) is 0 Å². The Bertz CT molecular complexity index is 525. The lowest BCUT2D eigenvalue weighted by Gasteiger charge is -2.33. The van der Waals surface area contributed by atoms with Crippen LogP contribution in [0.2, 0.25) is 0 Å². The second-order valence-corrected chi connectivity index (χ2v) is 4.73. The summed E-state index contributed by atoms with van der Waals surface area (Å²) in [5.41, 5.74) is 1.77. The first kappa shape index (κ1) is 12.3. The summed E-state index contributed by atoms with van der Waals surface area (Å²) in [6.07, 6.45) is -0.509. The van der Waals surface area contributed by atoms with Crippen molar-refractivity contribution in [2.45, 2.75) is 31.7 Å². The predicted octanol–water partition coefficient (Wildman–Crippen LogP) is 2.15. The highest BCUT2D eigenvalue weighted by molar-refractivity contribution is 5.74. The summed E-state index contributed by atoms with van der Waals surface area (Å²) >= 11 is 0. The number of ether oxygens (including phenoxy) is 4. The minimum absolute atomic E-state index is 0.157. The number of esters is 1. The van der Waals surface area contributed by atoms with Crippen LogP contribution >= 0.6 is 0 Å². The molecule has 19 heavy (non-hydrogen) atoms. The third-order valence-electron chi connectivity index (χ3n) is 3.68. The van der Waals surface area contributed by atoms with Gasteiger partial charge in [-0.1, -0.05) is 0 Å². The molecule has 2 heterocycles. The molecule has 2 aliphatic rings. The van der Waals surface area contributed by atoms with Crippen LogP contribution < -0.4 is 9.47 Å². The molecule has 0 radical (unpaired) electrons. The first-order chi connectivity index (χ1) is 9.15. The summed E-state index contributed by atoms with van der Waals surface area (Å²) in [5, 5.41) is 0. The third kappa shape index (κ3) is 1.76. The van der Waals surface area contributed by atoms with E-state index in [0.717, 1.165) is 16.9 Å². The van der Waals surface area contributed by atoms with Gasteiger partial charge in [0.2, 0.25) is 0 Å². The molecule has 0 aromatic heterocycles. The standard InChI is InChI=1S/C14H16O5/c1-7-12-8(16-2)4-5-9(17-3)13(12)14-10(18-7)6-11(15)19-14/h4-5,7,10,14H,6H2,1-3H3/t7-,10+,14-/m0/s1. The Balaban J connectivity index is 2.19. The lowest BCUT2D eigenvalue weighted by molar-refractivity contribution is -0.143. The van der Waals surface area contributed by atoms with Crippen molar-refractivity contribution < 1.29 is 23.7 Å². The van der Waals surface area contributed by atoms with Crippen molar-refractivity contribution in [3.05, 3.63) is 23.3 Å². The van der Waals surface area contributed by atoms with Crippen LogP contribution in [0.25, 0.3) is 0 Å². The zero-order valence-corrected chi connectivity index (χ0v) is 11.1. The van der Waals surface area contributed by atoms with Crippen molar-refractivity contribution in [2.75, 3.05) is 14.2 Å². The molecular weight excluding hydrogens is 248 g/mol. The average Bonchev–Trinajstić information content (AvgIpc) is 2.77. The Morgan fingerprint density at radius 1 is 1.16 bits per heavy atom. The molecule has 0 saturated carbocycles. The second-order valence-electron chi connectivity index (χ2n) is 4.73. The zero-order valence-electron chi connectivity index (χ0n) is 11.1. The lowest BCUT2D eigenvalue weighted by atomic mass is 9.90. The van der Waals surface area contributed by atoms with Crippen LogP contribution in [-0.2, 0) is 14.3 Å². The molecule has 5 nitrogen and oxygen atoms in total. The summed E-state index contributed by atoms with van der Waals surface area (Å²) in [6.45, 7) is 1.94. The van der Waals surface area contributed by atoms with Crippen LogP contribution in [0.3, 0.4) is 0 Å². The molecule has 2 aliphatic heterocycles. The second kappa shape index (κ2) is 4.42. The molecule has 1 saturated heterocycles. The smallest absolute Gasteiger partial charge is 0.309 e. The van der Waals surface area contributed by atoms with Gasteiger partial charge in [0.25, 0.3) is 0 Å². The van der Waals surface area contributed by atoms with E-state index in [4.69, 9.17) is 18.9 Å². The van der Waals surface area contributed by atoms with Crippen molar-refractivity contribution in [1.82, 2.24) is 0 Å². The van der Waals surface area contributed by atoms with Gasteiger partial charge in [-0.3, -0.25) is 4.79 Å². The topological polar surface area (TPSA) is 54.0 Å². The van der Waals surface area contributed by atoms with Gasteiger partial charge in [0.15, 0.2) is 6.10 Å². The van der Waals surface area contributed by atoms with Gasteiger partial charge in [-0.2, -0.15) is 0 Å². The van der Waals surface area contributed by atoms with Crippen LogP contribution in [0.5, 0.6) is 11.5 Å². The summed E-state index contributed by atoms with van der Waals surface area (Å²) in [5.74, 6) is 1.19. The monoisotopic (exact) mass is 264 g/mol. The van der Waals surface area contributed by atoms with Gasteiger partial charge in [0.1, 0.15) is 17.6 Å². The first-order valence-electron chi connectivity index (χ1n) is 6.25. The van der Waals surface area contributed by atoms with Crippen molar-refractivity contribution in [3.8, 4) is 11.5 Å². The Labute approximate surface area is 111 Å². The van der Waals surface area contributed by atoms with E-state index in [1.54, 1.807) is 14.2 Å². The number of fused-ring (bicyclic) bond motifs is 3. The Kier molecular flexibility index (Phi) is 2.86. The van der Waals surface area contributed by atoms with Gasteiger partial charge in [-0.05, 0) is 19.1 Å². The van der Waals surface area contributed by atoms with Crippen LogP contribution in [0.1, 0.15) is 36.7 Å².